The fraction of sp³-hybridized carbons (Fsp3) is 0.500. The third kappa shape index (κ3) is 2.37. The highest BCUT2D eigenvalue weighted by Gasteiger charge is 2.28. The van der Waals surface area contributed by atoms with Crippen molar-refractivity contribution in [3.05, 3.63) is 28.7 Å². The molecule has 0 spiro atoms. The fourth-order valence-electron chi connectivity index (χ4n) is 2.51. The molecule has 1 fully saturated rings. The molecule has 1 unspecified atom stereocenters. The predicted molar refractivity (Wildman–Crippen MR) is 71.0 cm³/mol. The summed E-state index contributed by atoms with van der Waals surface area (Å²) in [5.74, 6) is 1.24. The lowest BCUT2D eigenvalue weighted by molar-refractivity contribution is 0.0698. The molecule has 3 rings (SSSR count). The summed E-state index contributed by atoms with van der Waals surface area (Å²) in [6.45, 7) is 1.49. The van der Waals surface area contributed by atoms with Crippen molar-refractivity contribution in [3.8, 4) is 0 Å². The molecule has 0 N–H and O–H groups in total. The second-order valence-corrected chi connectivity index (χ2v) is 5.48. The minimum absolute atomic E-state index is 0.0214. The monoisotopic (exact) mass is 277 g/mol. The van der Waals surface area contributed by atoms with Crippen LogP contribution in [0.2, 0.25) is 0 Å². The summed E-state index contributed by atoms with van der Waals surface area (Å²) >= 11 is 1.45. The fourth-order valence-corrected chi connectivity index (χ4v) is 3.04. The average Bonchev–Trinajstić information content (AvgIpc) is 3.09. The maximum Gasteiger partial charge on any atom is 0.273 e. The minimum Gasteiger partial charge on any atom is -0.337 e. The highest BCUT2D eigenvalue weighted by molar-refractivity contribution is 7.07. The van der Waals surface area contributed by atoms with Gasteiger partial charge in [0, 0.05) is 31.4 Å². The molecule has 0 radical (unpaired) electrons. The first-order chi connectivity index (χ1) is 9.25. The van der Waals surface area contributed by atoms with Gasteiger partial charge in [0.2, 0.25) is 0 Å². The minimum atomic E-state index is 0.0214. The average molecular weight is 277 g/mol. The summed E-state index contributed by atoms with van der Waals surface area (Å²) in [5.41, 5.74) is 2.24. The van der Waals surface area contributed by atoms with Gasteiger partial charge < -0.3 is 9.47 Å². The Balaban J connectivity index is 1.75. The summed E-state index contributed by atoms with van der Waals surface area (Å²) in [7, 11) is 1.94. The number of piperidine rings is 1. The molecule has 19 heavy (non-hydrogen) atoms. The number of carbonyl (C=O) groups excluding carboxylic acids is 1. The smallest absolute Gasteiger partial charge is 0.273 e. The van der Waals surface area contributed by atoms with Gasteiger partial charge in [-0.15, -0.1) is 21.5 Å². The van der Waals surface area contributed by atoms with Crippen molar-refractivity contribution in [3.63, 3.8) is 0 Å². The van der Waals surface area contributed by atoms with Gasteiger partial charge in [-0.05, 0) is 12.8 Å². The van der Waals surface area contributed by atoms with Crippen LogP contribution in [0.1, 0.15) is 35.1 Å². The highest BCUT2D eigenvalue weighted by Crippen LogP contribution is 2.25. The molecule has 0 bridgehead atoms. The number of nitrogens with zero attached hydrogens (tertiary/aromatic N) is 5. The van der Waals surface area contributed by atoms with Crippen molar-refractivity contribution >= 4 is 17.2 Å². The zero-order valence-electron chi connectivity index (χ0n) is 10.7. The first-order valence-corrected chi connectivity index (χ1v) is 7.21. The van der Waals surface area contributed by atoms with Crippen LogP contribution in [0.15, 0.2) is 17.2 Å². The Hall–Kier alpha value is -1.76. The molecule has 2 aromatic heterocycles. The third-order valence-electron chi connectivity index (χ3n) is 3.47. The van der Waals surface area contributed by atoms with E-state index in [4.69, 9.17) is 0 Å². The van der Waals surface area contributed by atoms with Crippen LogP contribution in [0, 0.1) is 0 Å². The van der Waals surface area contributed by atoms with Crippen LogP contribution in [-0.2, 0) is 7.05 Å². The molecular weight excluding hydrogens is 262 g/mol. The molecule has 3 heterocycles. The molecule has 2 aromatic rings. The van der Waals surface area contributed by atoms with E-state index in [2.05, 4.69) is 15.2 Å². The van der Waals surface area contributed by atoms with E-state index in [0.717, 1.165) is 25.2 Å². The first-order valence-electron chi connectivity index (χ1n) is 6.27. The molecule has 100 valence electrons. The van der Waals surface area contributed by atoms with Gasteiger partial charge in [-0.1, -0.05) is 0 Å². The molecule has 1 atom stereocenters. The lowest BCUT2D eigenvalue weighted by Gasteiger charge is -2.31. The van der Waals surface area contributed by atoms with Crippen LogP contribution < -0.4 is 0 Å². The maximum atomic E-state index is 12.3. The standard InChI is InChI=1S/C12H15N5OS/c1-16-7-14-15-11(16)9-3-2-4-17(5-9)12(18)10-6-19-8-13-10/h6-9H,2-5H2,1H3. The zero-order chi connectivity index (χ0) is 13.2. The third-order valence-corrected chi connectivity index (χ3v) is 4.06. The number of amides is 1. The van der Waals surface area contributed by atoms with Crippen LogP contribution in [0.5, 0.6) is 0 Å². The van der Waals surface area contributed by atoms with Crippen molar-refractivity contribution in [2.24, 2.45) is 7.05 Å². The Labute approximate surface area is 115 Å². The number of aromatic nitrogens is 4. The molecular formula is C12H15N5OS. The quantitative estimate of drug-likeness (QED) is 0.830. The van der Waals surface area contributed by atoms with Gasteiger partial charge in [-0.25, -0.2) is 4.98 Å². The molecule has 1 saturated heterocycles. The number of rotatable bonds is 2. The van der Waals surface area contributed by atoms with Crippen molar-refractivity contribution in [1.82, 2.24) is 24.6 Å². The van der Waals surface area contributed by atoms with Crippen LogP contribution in [-0.4, -0.2) is 43.6 Å². The van der Waals surface area contributed by atoms with Crippen molar-refractivity contribution in [1.29, 1.82) is 0 Å². The summed E-state index contributed by atoms with van der Waals surface area (Å²) in [5, 5.41) is 9.87. The van der Waals surface area contributed by atoms with E-state index in [0.29, 0.717) is 12.2 Å². The molecule has 0 aromatic carbocycles. The molecule has 0 saturated carbocycles. The predicted octanol–water partition coefficient (Wildman–Crippen LogP) is 1.29. The number of likely N-dealkylation sites (tertiary alicyclic amines) is 1. The lowest BCUT2D eigenvalue weighted by Crippen LogP contribution is -2.39. The first kappa shape index (κ1) is 12.3. The largest absolute Gasteiger partial charge is 0.337 e. The number of aryl methyl sites for hydroxylation is 1. The Morgan fingerprint density at radius 2 is 2.42 bits per heavy atom. The topological polar surface area (TPSA) is 63.9 Å². The van der Waals surface area contributed by atoms with E-state index in [1.807, 2.05) is 16.5 Å². The summed E-state index contributed by atoms with van der Waals surface area (Å²) < 4.78 is 1.93. The number of hydrogen-bond donors (Lipinski definition) is 0. The lowest BCUT2D eigenvalue weighted by atomic mass is 9.97. The van der Waals surface area contributed by atoms with E-state index in [1.54, 1.807) is 17.2 Å². The van der Waals surface area contributed by atoms with E-state index in [9.17, 15) is 4.79 Å². The molecule has 6 nitrogen and oxygen atoms in total. The van der Waals surface area contributed by atoms with Crippen molar-refractivity contribution < 1.29 is 4.79 Å². The van der Waals surface area contributed by atoms with Gasteiger partial charge in [-0.2, -0.15) is 0 Å². The number of hydrogen-bond acceptors (Lipinski definition) is 5. The van der Waals surface area contributed by atoms with Crippen LogP contribution >= 0.6 is 11.3 Å². The Bertz CT molecular complexity index is 564. The van der Waals surface area contributed by atoms with E-state index < -0.39 is 0 Å². The van der Waals surface area contributed by atoms with Crippen molar-refractivity contribution in [2.45, 2.75) is 18.8 Å². The van der Waals surface area contributed by atoms with E-state index in [1.165, 1.54) is 11.3 Å². The van der Waals surface area contributed by atoms with Gasteiger partial charge in [0.05, 0.1) is 5.51 Å². The summed E-state index contributed by atoms with van der Waals surface area (Å²) in [6, 6.07) is 0. The highest BCUT2D eigenvalue weighted by atomic mass is 32.1. The van der Waals surface area contributed by atoms with Crippen LogP contribution in [0.25, 0.3) is 0 Å². The summed E-state index contributed by atoms with van der Waals surface area (Å²) in [4.78, 5) is 18.3. The van der Waals surface area contributed by atoms with Gasteiger partial charge in [-0.3, -0.25) is 4.79 Å². The Morgan fingerprint density at radius 1 is 1.53 bits per heavy atom. The second kappa shape index (κ2) is 5.08. The Kier molecular flexibility index (Phi) is 3.29. The molecule has 0 aliphatic carbocycles. The maximum absolute atomic E-state index is 12.3. The molecule has 1 aliphatic rings. The molecule has 1 amide bonds. The van der Waals surface area contributed by atoms with E-state index >= 15 is 0 Å². The normalized spacial score (nSPS) is 19.6. The van der Waals surface area contributed by atoms with Crippen LogP contribution in [0.4, 0.5) is 0 Å². The second-order valence-electron chi connectivity index (χ2n) is 4.76. The molecule has 7 heteroatoms. The molecule has 1 aliphatic heterocycles. The van der Waals surface area contributed by atoms with Crippen LogP contribution in [0.3, 0.4) is 0 Å². The van der Waals surface area contributed by atoms with Gasteiger partial charge in [0.1, 0.15) is 17.8 Å². The Morgan fingerprint density at radius 3 is 3.11 bits per heavy atom. The van der Waals surface area contributed by atoms with Gasteiger partial charge in [0.25, 0.3) is 5.91 Å². The number of thiazole rings is 1. The van der Waals surface area contributed by atoms with Crippen molar-refractivity contribution in [2.75, 3.05) is 13.1 Å². The number of carbonyl (C=O) groups is 1. The van der Waals surface area contributed by atoms with Gasteiger partial charge >= 0.3 is 0 Å². The van der Waals surface area contributed by atoms with Gasteiger partial charge in [0.15, 0.2) is 0 Å². The van der Waals surface area contributed by atoms with E-state index in [-0.39, 0.29) is 11.8 Å². The zero-order valence-corrected chi connectivity index (χ0v) is 11.5. The summed E-state index contributed by atoms with van der Waals surface area (Å²) in [6.07, 6.45) is 3.75. The SMILES string of the molecule is Cn1cnnc1C1CCCN(C(=O)c2cscn2)C1.